The minimum atomic E-state index is -0.817. The highest BCUT2D eigenvalue weighted by Gasteiger charge is 2.42. The molecule has 5 nitrogen and oxygen atoms in total. The molecular formula is C22H27ClO5. The molecular weight excluding hydrogens is 380 g/mol. The van der Waals surface area contributed by atoms with E-state index in [-0.39, 0.29) is 30.5 Å². The van der Waals surface area contributed by atoms with E-state index < -0.39 is 12.2 Å². The normalized spacial score (nSPS) is 29.3. The van der Waals surface area contributed by atoms with Gasteiger partial charge in [0.15, 0.2) is 0 Å². The number of aliphatic hydroxyl groups excluding tert-OH is 2. The second kappa shape index (κ2) is 10.1. The van der Waals surface area contributed by atoms with Crippen molar-refractivity contribution >= 4 is 17.6 Å². The van der Waals surface area contributed by atoms with Gasteiger partial charge in [0.1, 0.15) is 24.6 Å². The van der Waals surface area contributed by atoms with E-state index >= 15 is 0 Å². The average Bonchev–Trinajstić information content (AvgIpc) is 2.95. The van der Waals surface area contributed by atoms with E-state index in [2.05, 4.69) is 12.2 Å². The monoisotopic (exact) mass is 406 g/mol. The Bertz CT molecular complexity index is 717. The van der Waals surface area contributed by atoms with Crippen molar-refractivity contribution in [2.24, 2.45) is 11.8 Å². The Labute approximate surface area is 170 Å². The molecule has 1 aliphatic carbocycles. The molecule has 0 saturated heterocycles. The molecule has 1 fully saturated rings. The summed E-state index contributed by atoms with van der Waals surface area (Å²) in [5.74, 6) is 0.218. The van der Waals surface area contributed by atoms with Crippen molar-refractivity contribution < 1.29 is 24.5 Å². The Morgan fingerprint density at radius 3 is 3.04 bits per heavy atom. The molecule has 0 aromatic heterocycles. The van der Waals surface area contributed by atoms with Crippen molar-refractivity contribution in [2.75, 3.05) is 6.61 Å². The fourth-order valence-electron chi connectivity index (χ4n) is 3.83. The highest BCUT2D eigenvalue weighted by Crippen LogP contribution is 2.38. The van der Waals surface area contributed by atoms with Crippen LogP contribution in [0.1, 0.15) is 32.1 Å². The molecule has 6 heteroatoms. The fraction of sp³-hybridized carbons (Fsp3) is 0.500. The summed E-state index contributed by atoms with van der Waals surface area (Å²) in [5.41, 5.74) is 0. The molecule has 152 valence electrons. The Balaban J connectivity index is 1.60. The quantitative estimate of drug-likeness (QED) is 0.576. The number of aliphatic hydroxyl groups is 2. The largest absolute Gasteiger partial charge is 0.491 e. The minimum absolute atomic E-state index is 0.00518. The number of ether oxygens (including phenoxy) is 2. The van der Waals surface area contributed by atoms with Crippen LogP contribution < -0.4 is 4.74 Å². The molecule has 0 amide bonds. The molecule has 1 saturated carbocycles. The van der Waals surface area contributed by atoms with Crippen molar-refractivity contribution in [3.8, 4) is 5.75 Å². The lowest BCUT2D eigenvalue weighted by Gasteiger charge is -2.23. The number of allylic oxidation sites excluding steroid dienone is 2. The van der Waals surface area contributed by atoms with E-state index in [1.54, 1.807) is 30.3 Å². The Hall–Kier alpha value is -1.82. The van der Waals surface area contributed by atoms with Crippen molar-refractivity contribution in [3.05, 3.63) is 53.6 Å². The molecule has 0 bridgehead atoms. The molecule has 3 rings (SSSR count). The van der Waals surface area contributed by atoms with Gasteiger partial charge in [0.2, 0.25) is 0 Å². The van der Waals surface area contributed by atoms with Crippen molar-refractivity contribution in [1.82, 2.24) is 0 Å². The maximum atomic E-state index is 12.0. The highest BCUT2D eigenvalue weighted by molar-refractivity contribution is 6.30. The Kier molecular flexibility index (Phi) is 7.54. The first-order valence-corrected chi connectivity index (χ1v) is 10.2. The summed E-state index contributed by atoms with van der Waals surface area (Å²) in [6.07, 6.45) is 9.17. The number of rotatable bonds is 5. The molecule has 5 atom stereocenters. The zero-order valence-electron chi connectivity index (χ0n) is 15.7. The van der Waals surface area contributed by atoms with Gasteiger partial charge >= 0.3 is 5.97 Å². The molecule has 5 unspecified atom stereocenters. The lowest BCUT2D eigenvalue weighted by Crippen LogP contribution is -2.25. The predicted molar refractivity (Wildman–Crippen MR) is 107 cm³/mol. The van der Waals surface area contributed by atoms with E-state index in [0.717, 1.165) is 19.3 Å². The summed E-state index contributed by atoms with van der Waals surface area (Å²) in [6, 6.07) is 6.99. The van der Waals surface area contributed by atoms with Crippen LogP contribution in [0.2, 0.25) is 5.02 Å². The van der Waals surface area contributed by atoms with Crippen LogP contribution in [-0.4, -0.2) is 41.1 Å². The number of hydrogen-bond acceptors (Lipinski definition) is 5. The molecule has 0 spiro atoms. The third-order valence-electron chi connectivity index (χ3n) is 5.27. The SMILES string of the molecule is O=C1CCCC=CCC2C(CC(O)C2C=CC(O)COc2cccc(Cl)c2)O1. The van der Waals surface area contributed by atoms with Gasteiger partial charge in [-0.2, -0.15) is 0 Å². The molecule has 2 aliphatic rings. The van der Waals surface area contributed by atoms with Crippen LogP contribution in [0.25, 0.3) is 0 Å². The van der Waals surface area contributed by atoms with Crippen molar-refractivity contribution in [3.63, 3.8) is 0 Å². The summed E-state index contributed by atoms with van der Waals surface area (Å²) in [7, 11) is 0. The van der Waals surface area contributed by atoms with Crippen LogP contribution in [0.3, 0.4) is 0 Å². The van der Waals surface area contributed by atoms with Crippen LogP contribution >= 0.6 is 11.6 Å². The number of hydrogen-bond donors (Lipinski definition) is 2. The van der Waals surface area contributed by atoms with E-state index in [0.29, 0.717) is 23.6 Å². The maximum Gasteiger partial charge on any atom is 0.306 e. The van der Waals surface area contributed by atoms with Crippen LogP contribution in [0.5, 0.6) is 5.75 Å². The standard InChI is InChI=1S/C22H27ClO5/c23-15-6-5-7-17(12-15)27-14-16(24)10-11-18-19-8-3-1-2-4-9-22(26)28-21(19)13-20(18)25/h1,3,5-7,10-12,16,18-21,24-25H,2,4,8-9,13-14H2. The predicted octanol–water partition coefficient (Wildman–Crippen LogP) is 3.67. The van der Waals surface area contributed by atoms with Gasteiger partial charge in [-0.05, 0) is 37.5 Å². The van der Waals surface area contributed by atoms with E-state index in [1.807, 2.05) is 6.08 Å². The summed E-state index contributed by atoms with van der Waals surface area (Å²) in [4.78, 5) is 12.0. The summed E-state index contributed by atoms with van der Waals surface area (Å²) in [6.45, 7) is 0.0860. The first-order valence-electron chi connectivity index (χ1n) is 9.80. The molecule has 1 aliphatic heterocycles. The van der Waals surface area contributed by atoms with Gasteiger partial charge in [-0.3, -0.25) is 4.79 Å². The fourth-order valence-corrected chi connectivity index (χ4v) is 4.01. The van der Waals surface area contributed by atoms with Crippen LogP contribution in [0.15, 0.2) is 48.6 Å². The lowest BCUT2D eigenvalue weighted by molar-refractivity contribution is -0.151. The number of carbonyl (C=O) groups is 1. The lowest BCUT2D eigenvalue weighted by atomic mass is 9.89. The van der Waals surface area contributed by atoms with Gasteiger partial charge in [0.05, 0.1) is 6.10 Å². The zero-order valence-corrected chi connectivity index (χ0v) is 16.5. The van der Waals surface area contributed by atoms with Crippen molar-refractivity contribution in [1.29, 1.82) is 0 Å². The summed E-state index contributed by atoms with van der Waals surface area (Å²) in [5, 5.41) is 21.3. The van der Waals surface area contributed by atoms with Crippen molar-refractivity contribution in [2.45, 2.75) is 50.4 Å². The maximum absolute atomic E-state index is 12.0. The zero-order chi connectivity index (χ0) is 19.9. The van der Waals surface area contributed by atoms with Gasteiger partial charge in [-0.25, -0.2) is 0 Å². The molecule has 1 heterocycles. The summed E-state index contributed by atoms with van der Waals surface area (Å²) < 4.78 is 11.2. The Morgan fingerprint density at radius 1 is 1.36 bits per heavy atom. The van der Waals surface area contributed by atoms with E-state index in [4.69, 9.17) is 21.1 Å². The number of carbonyl (C=O) groups excluding carboxylic acids is 1. The van der Waals surface area contributed by atoms with Crippen LogP contribution in [-0.2, 0) is 9.53 Å². The minimum Gasteiger partial charge on any atom is -0.491 e. The third-order valence-corrected chi connectivity index (χ3v) is 5.51. The topological polar surface area (TPSA) is 76.0 Å². The van der Waals surface area contributed by atoms with Crippen LogP contribution in [0, 0.1) is 11.8 Å². The number of halogens is 1. The van der Waals surface area contributed by atoms with Crippen LogP contribution in [0.4, 0.5) is 0 Å². The average molecular weight is 407 g/mol. The molecule has 1 aromatic rings. The van der Waals surface area contributed by atoms with Gasteiger partial charge in [-0.1, -0.05) is 42.0 Å². The highest BCUT2D eigenvalue weighted by atomic mass is 35.5. The number of fused-ring (bicyclic) bond motifs is 1. The molecule has 1 aromatic carbocycles. The summed E-state index contributed by atoms with van der Waals surface area (Å²) >= 11 is 5.92. The molecule has 0 radical (unpaired) electrons. The van der Waals surface area contributed by atoms with E-state index in [1.165, 1.54) is 0 Å². The smallest absolute Gasteiger partial charge is 0.306 e. The number of benzene rings is 1. The van der Waals surface area contributed by atoms with Gasteiger partial charge in [-0.15, -0.1) is 0 Å². The first-order chi connectivity index (χ1) is 13.5. The second-order valence-electron chi connectivity index (χ2n) is 7.39. The second-order valence-corrected chi connectivity index (χ2v) is 7.83. The number of esters is 1. The molecule has 2 N–H and O–H groups in total. The first kappa shape index (κ1) is 20.9. The third kappa shape index (κ3) is 5.84. The molecule has 28 heavy (non-hydrogen) atoms. The van der Waals surface area contributed by atoms with Gasteiger partial charge in [0.25, 0.3) is 0 Å². The Morgan fingerprint density at radius 2 is 2.21 bits per heavy atom. The van der Waals surface area contributed by atoms with Gasteiger partial charge < -0.3 is 19.7 Å². The van der Waals surface area contributed by atoms with E-state index in [9.17, 15) is 15.0 Å². The van der Waals surface area contributed by atoms with Gasteiger partial charge in [0, 0.05) is 29.7 Å².